The molecule has 1 aromatic carbocycles. The minimum Gasteiger partial charge on any atom is -0.495 e. The smallest absolute Gasteiger partial charge is 0.137 e. The van der Waals surface area contributed by atoms with Crippen molar-refractivity contribution in [1.82, 2.24) is 0 Å². The van der Waals surface area contributed by atoms with E-state index in [1.54, 1.807) is 7.11 Å². The molecule has 2 N–H and O–H groups in total. The molecule has 0 amide bonds. The Kier molecular flexibility index (Phi) is 3.97. The molecule has 0 saturated heterocycles. The van der Waals surface area contributed by atoms with E-state index in [-0.39, 0.29) is 11.2 Å². The number of hydrogen-bond donors (Lipinski definition) is 1. The van der Waals surface area contributed by atoms with Crippen molar-refractivity contribution in [2.75, 3.05) is 13.7 Å². The molecule has 1 aliphatic carbocycles. The summed E-state index contributed by atoms with van der Waals surface area (Å²) in [6.07, 6.45) is 4.31. The van der Waals surface area contributed by atoms with E-state index >= 15 is 0 Å². The maximum atomic E-state index is 14.0. The molecule has 0 aliphatic heterocycles. The van der Waals surface area contributed by atoms with E-state index in [2.05, 4.69) is 15.9 Å². The third-order valence-electron chi connectivity index (χ3n) is 4.12. The molecule has 1 aliphatic rings. The first-order valence-corrected chi connectivity index (χ1v) is 7.08. The van der Waals surface area contributed by atoms with Gasteiger partial charge in [0, 0.05) is 17.5 Å². The van der Waals surface area contributed by atoms with E-state index in [0.717, 1.165) is 37.0 Å². The average molecular weight is 316 g/mol. The molecule has 4 heteroatoms. The molecule has 0 unspecified atom stereocenters. The van der Waals surface area contributed by atoms with Crippen LogP contribution in [0.2, 0.25) is 0 Å². The summed E-state index contributed by atoms with van der Waals surface area (Å²) < 4.78 is 20.1. The normalized spacial score (nSPS) is 18.1. The van der Waals surface area contributed by atoms with E-state index < -0.39 is 0 Å². The minimum absolute atomic E-state index is 0.125. The van der Waals surface area contributed by atoms with Crippen molar-refractivity contribution >= 4 is 15.9 Å². The molecule has 100 valence electrons. The van der Waals surface area contributed by atoms with Crippen molar-refractivity contribution in [3.63, 3.8) is 0 Å². The first-order chi connectivity index (χ1) is 8.55. The van der Waals surface area contributed by atoms with Gasteiger partial charge >= 0.3 is 0 Å². The molecule has 2 nitrogen and oxygen atoms in total. The Morgan fingerprint density at radius 1 is 1.44 bits per heavy atom. The topological polar surface area (TPSA) is 35.2 Å². The number of nitrogens with two attached hydrogens (primary N) is 1. The zero-order chi connectivity index (χ0) is 13.3. The summed E-state index contributed by atoms with van der Waals surface area (Å²) in [4.78, 5) is 0. The summed E-state index contributed by atoms with van der Waals surface area (Å²) in [5, 5.41) is 0. The maximum absolute atomic E-state index is 14.0. The third-order valence-corrected chi connectivity index (χ3v) is 4.71. The van der Waals surface area contributed by atoms with Gasteiger partial charge in [0.1, 0.15) is 11.6 Å². The molecule has 0 heterocycles. The van der Waals surface area contributed by atoms with Crippen LogP contribution in [0, 0.1) is 12.7 Å². The molecule has 0 spiro atoms. The van der Waals surface area contributed by atoms with Crippen molar-refractivity contribution in [3.8, 4) is 5.75 Å². The van der Waals surface area contributed by atoms with Crippen LogP contribution in [0.3, 0.4) is 0 Å². The van der Waals surface area contributed by atoms with Gasteiger partial charge in [0.15, 0.2) is 0 Å². The Labute approximate surface area is 116 Å². The molecule has 1 fully saturated rings. The Morgan fingerprint density at radius 2 is 2.06 bits per heavy atom. The number of benzene rings is 1. The van der Waals surface area contributed by atoms with Gasteiger partial charge in [-0.05, 0) is 47.3 Å². The fourth-order valence-electron chi connectivity index (χ4n) is 3.14. The summed E-state index contributed by atoms with van der Waals surface area (Å²) in [6, 6.07) is 1.47. The molecular formula is C14H19BrFNO. The van der Waals surface area contributed by atoms with Gasteiger partial charge in [0.25, 0.3) is 0 Å². The average Bonchev–Trinajstić information content (AvgIpc) is 2.83. The molecule has 1 saturated carbocycles. The summed E-state index contributed by atoms with van der Waals surface area (Å²) in [5.74, 6) is 0.540. The second-order valence-corrected chi connectivity index (χ2v) is 5.92. The Bertz CT molecular complexity index is 456. The Hall–Kier alpha value is -0.610. The molecule has 18 heavy (non-hydrogen) atoms. The van der Waals surface area contributed by atoms with E-state index in [0.29, 0.717) is 16.6 Å². The van der Waals surface area contributed by atoms with Crippen LogP contribution in [-0.2, 0) is 5.41 Å². The van der Waals surface area contributed by atoms with Gasteiger partial charge in [0.2, 0.25) is 0 Å². The first-order valence-electron chi connectivity index (χ1n) is 6.29. The van der Waals surface area contributed by atoms with Gasteiger partial charge < -0.3 is 10.5 Å². The molecule has 2 rings (SSSR count). The predicted octanol–water partition coefficient (Wildman–Crippen LogP) is 3.68. The number of rotatable bonds is 3. The van der Waals surface area contributed by atoms with Crippen molar-refractivity contribution < 1.29 is 9.13 Å². The summed E-state index contributed by atoms with van der Waals surface area (Å²) >= 11 is 3.39. The molecular weight excluding hydrogens is 297 g/mol. The predicted molar refractivity (Wildman–Crippen MR) is 74.6 cm³/mol. The number of hydrogen-bond acceptors (Lipinski definition) is 2. The molecule has 0 radical (unpaired) electrons. The van der Waals surface area contributed by atoms with E-state index in [1.807, 2.05) is 6.92 Å². The lowest BCUT2D eigenvalue weighted by Crippen LogP contribution is -2.33. The van der Waals surface area contributed by atoms with Gasteiger partial charge in [-0.2, -0.15) is 0 Å². The monoisotopic (exact) mass is 315 g/mol. The van der Waals surface area contributed by atoms with Crippen molar-refractivity contribution in [1.29, 1.82) is 0 Å². The highest BCUT2D eigenvalue weighted by atomic mass is 79.9. The standard InChI is InChI=1S/C14H19BrFNO/c1-9-11(16)7-10(15)13(18-2)12(9)14(8-17)5-3-4-6-14/h7H,3-6,8,17H2,1-2H3. The van der Waals surface area contributed by atoms with Gasteiger partial charge in [-0.15, -0.1) is 0 Å². The highest BCUT2D eigenvalue weighted by Gasteiger charge is 2.39. The van der Waals surface area contributed by atoms with Crippen molar-refractivity contribution in [3.05, 3.63) is 27.5 Å². The summed E-state index contributed by atoms with van der Waals surface area (Å²) in [7, 11) is 1.63. The first kappa shape index (κ1) is 13.8. The quantitative estimate of drug-likeness (QED) is 0.923. The van der Waals surface area contributed by atoms with Crippen LogP contribution >= 0.6 is 15.9 Å². The van der Waals surface area contributed by atoms with Crippen LogP contribution < -0.4 is 10.5 Å². The summed E-state index contributed by atoms with van der Waals surface area (Å²) in [6.45, 7) is 2.36. The lowest BCUT2D eigenvalue weighted by molar-refractivity contribution is 0.371. The zero-order valence-corrected chi connectivity index (χ0v) is 12.4. The van der Waals surface area contributed by atoms with Crippen LogP contribution in [0.4, 0.5) is 4.39 Å². The van der Waals surface area contributed by atoms with Crippen molar-refractivity contribution in [2.45, 2.75) is 38.0 Å². The SMILES string of the molecule is COc1c(Br)cc(F)c(C)c1C1(CN)CCCC1. The van der Waals surface area contributed by atoms with Gasteiger partial charge in [-0.1, -0.05) is 12.8 Å². The van der Waals surface area contributed by atoms with Gasteiger partial charge in [0.05, 0.1) is 11.6 Å². The number of methoxy groups -OCH3 is 1. The van der Waals surface area contributed by atoms with Gasteiger partial charge in [-0.3, -0.25) is 0 Å². The second kappa shape index (κ2) is 5.17. The van der Waals surface area contributed by atoms with E-state index in [4.69, 9.17) is 10.5 Å². The lowest BCUT2D eigenvalue weighted by Gasteiger charge is -2.32. The van der Waals surface area contributed by atoms with E-state index in [9.17, 15) is 4.39 Å². The number of halogens is 2. The van der Waals surface area contributed by atoms with Crippen LogP contribution in [0.25, 0.3) is 0 Å². The van der Waals surface area contributed by atoms with E-state index in [1.165, 1.54) is 6.07 Å². The number of ether oxygens (including phenoxy) is 1. The van der Waals surface area contributed by atoms with Crippen LogP contribution in [-0.4, -0.2) is 13.7 Å². The molecule has 0 aromatic heterocycles. The fraction of sp³-hybridized carbons (Fsp3) is 0.571. The van der Waals surface area contributed by atoms with Crippen LogP contribution in [0.1, 0.15) is 36.8 Å². The largest absolute Gasteiger partial charge is 0.495 e. The van der Waals surface area contributed by atoms with Gasteiger partial charge in [-0.25, -0.2) is 4.39 Å². The fourth-order valence-corrected chi connectivity index (χ4v) is 3.70. The second-order valence-electron chi connectivity index (χ2n) is 5.07. The third kappa shape index (κ3) is 2.05. The van der Waals surface area contributed by atoms with Crippen molar-refractivity contribution in [2.24, 2.45) is 5.73 Å². The lowest BCUT2D eigenvalue weighted by atomic mass is 9.76. The Balaban J connectivity index is 2.67. The highest BCUT2D eigenvalue weighted by Crippen LogP contribution is 2.48. The minimum atomic E-state index is -0.197. The molecule has 0 bridgehead atoms. The molecule has 0 atom stereocenters. The highest BCUT2D eigenvalue weighted by molar-refractivity contribution is 9.10. The summed E-state index contributed by atoms with van der Waals surface area (Å²) in [5.41, 5.74) is 7.50. The maximum Gasteiger partial charge on any atom is 0.137 e. The molecule has 1 aromatic rings. The van der Waals surface area contributed by atoms with Crippen LogP contribution in [0.5, 0.6) is 5.75 Å². The zero-order valence-electron chi connectivity index (χ0n) is 10.9. The van der Waals surface area contributed by atoms with Crippen LogP contribution in [0.15, 0.2) is 10.5 Å². The Morgan fingerprint density at radius 3 is 2.56 bits per heavy atom.